The Labute approximate surface area is 142 Å². The minimum Gasteiger partial charge on any atom is -0.352 e. The third-order valence-electron chi connectivity index (χ3n) is 6.85. The van der Waals surface area contributed by atoms with Crippen LogP contribution >= 0.6 is 0 Å². The van der Waals surface area contributed by atoms with Crippen molar-refractivity contribution in [2.75, 3.05) is 13.2 Å². The van der Waals surface area contributed by atoms with Gasteiger partial charge in [-0.2, -0.15) is 0 Å². The van der Waals surface area contributed by atoms with Crippen molar-refractivity contribution in [3.05, 3.63) is 23.3 Å². The first-order valence-corrected chi connectivity index (χ1v) is 9.41. The molecule has 1 fully saturated rings. The third-order valence-corrected chi connectivity index (χ3v) is 6.85. The van der Waals surface area contributed by atoms with Gasteiger partial charge in [0.2, 0.25) is 0 Å². The van der Waals surface area contributed by atoms with Gasteiger partial charge in [0, 0.05) is 11.3 Å². The Morgan fingerprint density at radius 2 is 1.52 bits per heavy atom. The summed E-state index contributed by atoms with van der Waals surface area (Å²) in [6, 6.07) is 0. The fourth-order valence-electron chi connectivity index (χ4n) is 5.44. The molecule has 3 rings (SSSR count). The minimum absolute atomic E-state index is 0.0265. The highest BCUT2D eigenvalue weighted by Gasteiger charge is 2.48. The van der Waals surface area contributed by atoms with E-state index in [1.165, 1.54) is 24.0 Å². The van der Waals surface area contributed by atoms with E-state index in [9.17, 15) is 0 Å². The standard InChI is InChI=1S/C21H34O2/c1-13-7-15(3)19(16(4)8-13)20-22-11-21(12-23-20)17(5)9-14(2)10-18(21)6/h7,9,15-20H,8,10-12H2,1-6H3/t15-,16-,17-,18+,19-,20?,21?/m0/s1. The third kappa shape index (κ3) is 3.05. The molecule has 0 aromatic carbocycles. The van der Waals surface area contributed by atoms with Crippen LogP contribution in [0.15, 0.2) is 23.3 Å². The molecule has 1 saturated heterocycles. The van der Waals surface area contributed by atoms with Gasteiger partial charge in [-0.05, 0) is 50.4 Å². The summed E-state index contributed by atoms with van der Waals surface area (Å²) in [5.41, 5.74) is 3.21. The van der Waals surface area contributed by atoms with Crippen LogP contribution in [0.3, 0.4) is 0 Å². The second kappa shape index (κ2) is 6.37. The topological polar surface area (TPSA) is 18.5 Å². The summed E-state index contributed by atoms with van der Waals surface area (Å²) >= 11 is 0. The van der Waals surface area contributed by atoms with E-state index in [0.717, 1.165) is 13.2 Å². The van der Waals surface area contributed by atoms with Crippen LogP contribution in [0.2, 0.25) is 0 Å². The summed E-state index contributed by atoms with van der Waals surface area (Å²) < 4.78 is 12.8. The van der Waals surface area contributed by atoms with Crippen LogP contribution in [0.25, 0.3) is 0 Å². The van der Waals surface area contributed by atoms with Crippen molar-refractivity contribution in [2.24, 2.45) is 35.0 Å². The molecule has 1 heterocycles. The van der Waals surface area contributed by atoms with E-state index in [1.54, 1.807) is 0 Å². The Bertz CT molecular complexity index is 496. The molecule has 23 heavy (non-hydrogen) atoms. The second-order valence-electron chi connectivity index (χ2n) is 8.76. The molecular weight excluding hydrogens is 284 g/mol. The average molecular weight is 319 g/mol. The molecule has 0 saturated carbocycles. The summed E-state index contributed by atoms with van der Waals surface area (Å²) in [6.45, 7) is 15.6. The van der Waals surface area contributed by atoms with E-state index < -0.39 is 0 Å². The molecule has 0 amide bonds. The van der Waals surface area contributed by atoms with Crippen LogP contribution in [-0.2, 0) is 9.47 Å². The molecule has 0 radical (unpaired) electrons. The van der Waals surface area contributed by atoms with Crippen molar-refractivity contribution >= 4 is 0 Å². The molecule has 0 aromatic heterocycles. The molecule has 5 atom stereocenters. The molecule has 0 aromatic rings. The number of ether oxygens (including phenoxy) is 2. The maximum absolute atomic E-state index is 6.38. The fraction of sp³-hybridized carbons (Fsp3) is 0.810. The lowest BCUT2D eigenvalue weighted by molar-refractivity contribution is -0.277. The van der Waals surface area contributed by atoms with Gasteiger partial charge in [-0.15, -0.1) is 0 Å². The van der Waals surface area contributed by atoms with E-state index in [2.05, 4.69) is 53.7 Å². The van der Waals surface area contributed by atoms with Gasteiger partial charge in [0.1, 0.15) is 0 Å². The first-order chi connectivity index (χ1) is 10.8. The summed E-state index contributed by atoms with van der Waals surface area (Å²) in [6.07, 6.45) is 7.18. The van der Waals surface area contributed by atoms with E-state index in [0.29, 0.717) is 29.6 Å². The molecule has 1 spiro atoms. The Hall–Kier alpha value is -0.600. The fourth-order valence-corrected chi connectivity index (χ4v) is 5.44. The summed E-state index contributed by atoms with van der Waals surface area (Å²) in [5.74, 6) is 2.84. The van der Waals surface area contributed by atoms with Gasteiger partial charge in [-0.25, -0.2) is 0 Å². The number of hydrogen-bond acceptors (Lipinski definition) is 2. The smallest absolute Gasteiger partial charge is 0.161 e. The largest absolute Gasteiger partial charge is 0.352 e. The van der Waals surface area contributed by atoms with Crippen LogP contribution in [0.1, 0.15) is 54.4 Å². The van der Waals surface area contributed by atoms with E-state index >= 15 is 0 Å². The van der Waals surface area contributed by atoms with E-state index in [1.807, 2.05) is 0 Å². The Morgan fingerprint density at radius 1 is 0.913 bits per heavy atom. The van der Waals surface area contributed by atoms with Crippen molar-refractivity contribution < 1.29 is 9.47 Å². The highest BCUT2D eigenvalue weighted by molar-refractivity contribution is 5.14. The van der Waals surface area contributed by atoms with Crippen molar-refractivity contribution in [1.82, 2.24) is 0 Å². The lowest BCUT2D eigenvalue weighted by Gasteiger charge is -2.51. The minimum atomic E-state index is -0.0265. The highest BCUT2D eigenvalue weighted by atomic mass is 16.7. The molecule has 1 aliphatic heterocycles. The average Bonchev–Trinajstić information content (AvgIpc) is 2.45. The molecule has 130 valence electrons. The molecule has 0 unspecified atom stereocenters. The Morgan fingerprint density at radius 3 is 2.09 bits per heavy atom. The Kier molecular flexibility index (Phi) is 4.77. The van der Waals surface area contributed by atoms with Crippen LogP contribution in [0, 0.1) is 35.0 Å². The summed E-state index contributed by atoms with van der Waals surface area (Å²) in [5, 5.41) is 0. The van der Waals surface area contributed by atoms with Crippen LogP contribution in [-0.4, -0.2) is 19.5 Å². The quantitative estimate of drug-likeness (QED) is 0.618. The van der Waals surface area contributed by atoms with Gasteiger partial charge < -0.3 is 9.47 Å². The first-order valence-electron chi connectivity index (χ1n) is 9.41. The second-order valence-corrected chi connectivity index (χ2v) is 8.76. The monoisotopic (exact) mass is 318 g/mol. The van der Waals surface area contributed by atoms with E-state index in [-0.39, 0.29) is 11.7 Å². The zero-order valence-electron chi connectivity index (χ0n) is 15.8. The van der Waals surface area contributed by atoms with Gasteiger partial charge in [0.05, 0.1) is 13.2 Å². The molecule has 2 heteroatoms. The number of allylic oxidation sites excluding steroid dienone is 4. The SMILES string of the molecule is CC1=C[C@H](C)C2(COC([C@H]3[C@@H](C)C=C(C)C[C@@H]3C)OC2)[C@H](C)C1. The number of hydrogen-bond donors (Lipinski definition) is 0. The van der Waals surface area contributed by atoms with Gasteiger partial charge in [-0.1, -0.05) is 51.0 Å². The van der Waals surface area contributed by atoms with Crippen molar-refractivity contribution in [3.63, 3.8) is 0 Å². The maximum atomic E-state index is 6.38. The maximum Gasteiger partial charge on any atom is 0.161 e. The molecule has 2 nitrogen and oxygen atoms in total. The normalized spacial score (nSPS) is 48.1. The molecular formula is C21H34O2. The molecule has 3 aliphatic rings. The highest BCUT2D eigenvalue weighted by Crippen LogP contribution is 2.48. The molecule has 2 aliphatic carbocycles. The first kappa shape index (κ1) is 17.2. The number of rotatable bonds is 1. The summed E-state index contributed by atoms with van der Waals surface area (Å²) in [4.78, 5) is 0. The van der Waals surface area contributed by atoms with Crippen molar-refractivity contribution in [3.8, 4) is 0 Å². The predicted octanol–water partition coefficient (Wildman–Crippen LogP) is 5.21. The predicted molar refractivity (Wildman–Crippen MR) is 95.0 cm³/mol. The van der Waals surface area contributed by atoms with Gasteiger partial charge in [-0.3, -0.25) is 0 Å². The molecule has 0 bridgehead atoms. The van der Waals surface area contributed by atoms with Crippen LogP contribution in [0.4, 0.5) is 0 Å². The van der Waals surface area contributed by atoms with Gasteiger partial charge in [0.15, 0.2) is 6.29 Å². The van der Waals surface area contributed by atoms with Gasteiger partial charge in [0.25, 0.3) is 0 Å². The van der Waals surface area contributed by atoms with Crippen LogP contribution < -0.4 is 0 Å². The lowest BCUT2D eigenvalue weighted by Crippen LogP contribution is -2.53. The Balaban J connectivity index is 1.71. The van der Waals surface area contributed by atoms with Crippen molar-refractivity contribution in [1.29, 1.82) is 0 Å². The van der Waals surface area contributed by atoms with Gasteiger partial charge >= 0.3 is 0 Å². The van der Waals surface area contributed by atoms with Crippen molar-refractivity contribution in [2.45, 2.75) is 60.7 Å². The zero-order chi connectivity index (χ0) is 16.8. The zero-order valence-corrected chi connectivity index (χ0v) is 15.8. The summed E-state index contributed by atoms with van der Waals surface area (Å²) in [7, 11) is 0. The lowest BCUT2D eigenvalue weighted by atomic mass is 9.62. The molecule has 0 N–H and O–H groups in total. The van der Waals surface area contributed by atoms with E-state index in [4.69, 9.17) is 9.47 Å². The van der Waals surface area contributed by atoms with Crippen LogP contribution in [0.5, 0.6) is 0 Å².